The lowest BCUT2D eigenvalue weighted by molar-refractivity contribution is -0.130. The maximum absolute atomic E-state index is 15.0. The smallest absolute Gasteiger partial charge is 0.410 e. The van der Waals surface area contributed by atoms with Crippen LogP contribution in [0.1, 0.15) is 84.6 Å². The van der Waals surface area contributed by atoms with Crippen LogP contribution >= 0.6 is 0 Å². The number of rotatable bonds is 6. The van der Waals surface area contributed by atoms with Crippen molar-refractivity contribution in [1.82, 2.24) is 9.88 Å². The monoisotopic (exact) mass is 487 g/mol. The van der Waals surface area contributed by atoms with Crippen molar-refractivity contribution in [3.63, 3.8) is 0 Å². The standard InChI is InChI=1S/C27H38FN3O4/c1-25(2,3)23(33)27(14-7-15-29-27)21-11-9-19(22(28)30-21)20(32)10-8-18-12-16-31(17-13-18)24(34)35-26(4,5)6/h7,9,11,14-15,18,20,32H,8,10,12-13,16-17H2,1-6H3. The Hall–Kier alpha value is -2.61. The van der Waals surface area contributed by atoms with Gasteiger partial charge in [-0.2, -0.15) is 4.39 Å². The van der Waals surface area contributed by atoms with Gasteiger partial charge in [-0.15, -0.1) is 0 Å². The van der Waals surface area contributed by atoms with E-state index in [2.05, 4.69) is 9.98 Å². The Balaban J connectivity index is 1.60. The van der Waals surface area contributed by atoms with Crippen molar-refractivity contribution in [1.29, 1.82) is 0 Å². The fourth-order valence-electron chi connectivity index (χ4n) is 4.55. The number of nitrogens with zero attached hydrogens (tertiary/aromatic N) is 3. The zero-order chi connectivity index (χ0) is 26.0. The van der Waals surface area contributed by atoms with Gasteiger partial charge >= 0.3 is 6.09 Å². The summed E-state index contributed by atoms with van der Waals surface area (Å²) in [4.78, 5) is 35.5. The molecule has 8 heteroatoms. The van der Waals surface area contributed by atoms with E-state index < -0.39 is 28.6 Å². The molecule has 2 aliphatic rings. The summed E-state index contributed by atoms with van der Waals surface area (Å²) in [6, 6.07) is 3.09. The number of likely N-dealkylation sites (tertiary alicyclic amines) is 1. The summed E-state index contributed by atoms with van der Waals surface area (Å²) in [7, 11) is 0. The Morgan fingerprint density at radius 1 is 1.20 bits per heavy atom. The fourth-order valence-corrected chi connectivity index (χ4v) is 4.55. The Morgan fingerprint density at radius 3 is 2.37 bits per heavy atom. The molecule has 0 saturated carbocycles. The van der Waals surface area contributed by atoms with E-state index >= 15 is 4.39 Å². The van der Waals surface area contributed by atoms with Gasteiger partial charge in [0.2, 0.25) is 5.95 Å². The number of piperidine rings is 1. The van der Waals surface area contributed by atoms with Crippen LogP contribution in [0.25, 0.3) is 0 Å². The molecule has 1 N–H and O–H groups in total. The molecule has 3 rings (SSSR count). The molecule has 0 aliphatic carbocycles. The third kappa shape index (κ3) is 6.34. The van der Waals surface area contributed by atoms with Crippen LogP contribution in [-0.2, 0) is 15.1 Å². The number of aliphatic hydroxyl groups is 1. The first-order valence-corrected chi connectivity index (χ1v) is 12.3. The number of hydrogen-bond donors (Lipinski definition) is 1. The van der Waals surface area contributed by atoms with Crippen LogP contribution in [0.4, 0.5) is 9.18 Å². The average molecular weight is 488 g/mol. The van der Waals surface area contributed by atoms with E-state index in [1.54, 1.807) is 43.9 Å². The molecule has 0 aromatic carbocycles. The highest BCUT2D eigenvalue weighted by molar-refractivity contribution is 5.99. The van der Waals surface area contributed by atoms with Crippen molar-refractivity contribution in [2.45, 2.75) is 84.5 Å². The minimum Gasteiger partial charge on any atom is -0.444 e. The first-order chi connectivity index (χ1) is 16.2. The second-order valence-electron chi connectivity index (χ2n) is 11.6. The molecule has 2 atom stereocenters. The number of ether oxygens (including phenoxy) is 1. The number of hydrogen-bond acceptors (Lipinski definition) is 6. The lowest BCUT2D eigenvalue weighted by Crippen LogP contribution is -2.41. The van der Waals surface area contributed by atoms with Gasteiger partial charge in [0.05, 0.1) is 11.8 Å². The van der Waals surface area contributed by atoms with Gasteiger partial charge in [0.15, 0.2) is 11.3 Å². The third-order valence-corrected chi connectivity index (χ3v) is 6.47. The maximum atomic E-state index is 15.0. The lowest BCUT2D eigenvalue weighted by atomic mass is 9.76. The molecule has 192 valence electrons. The molecule has 1 saturated heterocycles. The second-order valence-corrected chi connectivity index (χ2v) is 11.6. The number of carbonyl (C=O) groups is 2. The molecular formula is C27H38FN3O4. The zero-order valence-electron chi connectivity index (χ0n) is 21.7. The second kappa shape index (κ2) is 10.2. The van der Waals surface area contributed by atoms with Crippen molar-refractivity contribution >= 4 is 18.1 Å². The summed E-state index contributed by atoms with van der Waals surface area (Å²) in [5.74, 6) is -0.622. The summed E-state index contributed by atoms with van der Waals surface area (Å²) >= 11 is 0. The van der Waals surface area contributed by atoms with Gasteiger partial charge in [0.1, 0.15) is 5.60 Å². The molecule has 2 unspecified atom stereocenters. The van der Waals surface area contributed by atoms with Gasteiger partial charge in [0, 0.05) is 30.3 Å². The van der Waals surface area contributed by atoms with E-state index in [0.717, 1.165) is 12.8 Å². The molecule has 0 bridgehead atoms. The summed E-state index contributed by atoms with van der Waals surface area (Å²) in [5.41, 5.74) is -2.23. The Kier molecular flexibility index (Phi) is 7.84. The van der Waals surface area contributed by atoms with Crippen LogP contribution in [0.5, 0.6) is 0 Å². The minimum absolute atomic E-state index is 0.115. The van der Waals surface area contributed by atoms with Gasteiger partial charge in [-0.05, 0) is 76.7 Å². The highest BCUT2D eigenvalue weighted by atomic mass is 19.1. The Labute approximate surface area is 207 Å². The quantitative estimate of drug-likeness (QED) is 0.562. The van der Waals surface area contributed by atoms with Crippen LogP contribution in [0.3, 0.4) is 0 Å². The molecule has 7 nitrogen and oxygen atoms in total. The third-order valence-electron chi connectivity index (χ3n) is 6.47. The molecule has 1 fully saturated rings. The first-order valence-electron chi connectivity index (χ1n) is 12.3. The van der Waals surface area contributed by atoms with E-state index in [-0.39, 0.29) is 23.1 Å². The molecule has 3 heterocycles. The van der Waals surface area contributed by atoms with Gasteiger partial charge in [0.25, 0.3) is 0 Å². The first kappa shape index (κ1) is 27.0. The van der Waals surface area contributed by atoms with E-state index in [1.165, 1.54) is 12.3 Å². The fraction of sp³-hybridized carbons (Fsp3) is 0.630. The van der Waals surface area contributed by atoms with Crippen LogP contribution in [-0.4, -0.2) is 51.8 Å². The van der Waals surface area contributed by atoms with E-state index in [4.69, 9.17) is 4.74 Å². The molecule has 35 heavy (non-hydrogen) atoms. The van der Waals surface area contributed by atoms with Crippen LogP contribution < -0.4 is 0 Å². The topological polar surface area (TPSA) is 92.1 Å². The number of aliphatic hydroxyl groups excluding tert-OH is 1. The van der Waals surface area contributed by atoms with Gasteiger partial charge in [-0.25, -0.2) is 9.78 Å². The zero-order valence-corrected chi connectivity index (χ0v) is 21.7. The van der Waals surface area contributed by atoms with Crippen molar-refractivity contribution in [2.24, 2.45) is 16.3 Å². The number of amides is 1. The normalized spacial score (nSPS) is 21.9. The molecule has 1 amide bonds. The predicted octanol–water partition coefficient (Wildman–Crippen LogP) is 5.13. The number of ketones is 1. The number of aliphatic imine (C=N–C) groups is 1. The number of pyridine rings is 1. The molecule has 0 spiro atoms. The van der Waals surface area contributed by atoms with Gasteiger partial charge in [-0.1, -0.05) is 20.8 Å². The highest BCUT2D eigenvalue weighted by Gasteiger charge is 2.45. The largest absolute Gasteiger partial charge is 0.444 e. The van der Waals surface area contributed by atoms with Crippen molar-refractivity contribution in [3.05, 3.63) is 41.5 Å². The average Bonchev–Trinajstić information content (AvgIpc) is 3.26. The highest BCUT2D eigenvalue weighted by Crippen LogP contribution is 2.38. The maximum Gasteiger partial charge on any atom is 0.410 e. The summed E-state index contributed by atoms with van der Waals surface area (Å²) < 4.78 is 20.4. The summed E-state index contributed by atoms with van der Waals surface area (Å²) in [5, 5.41) is 10.7. The van der Waals surface area contributed by atoms with E-state index in [0.29, 0.717) is 31.8 Å². The van der Waals surface area contributed by atoms with Gasteiger partial charge in [-0.3, -0.25) is 9.79 Å². The SMILES string of the molecule is CC(C)(C)OC(=O)N1CCC(CCC(O)c2ccc(C3(C(=O)C(C)(C)C)C=CC=N3)nc2F)CC1. The van der Waals surface area contributed by atoms with E-state index in [1.807, 2.05) is 20.8 Å². The molecule has 1 aromatic heterocycles. The molecule has 2 aliphatic heterocycles. The number of Topliss-reactive ketones (excluding diaryl/α,β-unsaturated/α-hetero) is 1. The van der Waals surface area contributed by atoms with Crippen molar-refractivity contribution in [2.75, 3.05) is 13.1 Å². The van der Waals surface area contributed by atoms with Crippen molar-refractivity contribution < 1.29 is 23.8 Å². The number of allylic oxidation sites excluding steroid dienone is 1. The lowest BCUT2D eigenvalue weighted by Gasteiger charge is -2.33. The van der Waals surface area contributed by atoms with Crippen LogP contribution in [0, 0.1) is 17.3 Å². The molecule has 1 aromatic rings. The summed E-state index contributed by atoms with van der Waals surface area (Å²) in [6.07, 6.45) is 6.26. The summed E-state index contributed by atoms with van der Waals surface area (Å²) in [6.45, 7) is 12.1. The number of aromatic nitrogens is 1. The van der Waals surface area contributed by atoms with E-state index in [9.17, 15) is 14.7 Å². The molecule has 0 radical (unpaired) electrons. The van der Waals surface area contributed by atoms with Crippen LogP contribution in [0.2, 0.25) is 0 Å². The van der Waals surface area contributed by atoms with Gasteiger partial charge < -0.3 is 14.7 Å². The number of halogens is 1. The molecular weight excluding hydrogens is 449 g/mol. The predicted molar refractivity (Wildman–Crippen MR) is 133 cm³/mol. The van der Waals surface area contributed by atoms with Crippen molar-refractivity contribution in [3.8, 4) is 0 Å². The Bertz CT molecular complexity index is 987. The Morgan fingerprint density at radius 2 is 1.86 bits per heavy atom. The van der Waals surface area contributed by atoms with Crippen LogP contribution in [0.15, 0.2) is 29.3 Å². The number of carbonyl (C=O) groups excluding carboxylic acids is 2. The minimum atomic E-state index is -1.34.